The van der Waals surface area contributed by atoms with Crippen LogP contribution in [-0.2, 0) is 9.84 Å². The van der Waals surface area contributed by atoms with E-state index in [1.165, 1.54) is 12.1 Å². The van der Waals surface area contributed by atoms with Crippen molar-refractivity contribution in [3.63, 3.8) is 0 Å². The van der Waals surface area contributed by atoms with Gasteiger partial charge in [-0.15, -0.1) is 0 Å². The Hall–Kier alpha value is -3.16. The van der Waals surface area contributed by atoms with Crippen LogP contribution >= 0.6 is 11.6 Å². The maximum absolute atomic E-state index is 13.5. The topological polar surface area (TPSA) is 68.2 Å². The minimum atomic E-state index is -3.10. The Morgan fingerprint density at radius 2 is 1.85 bits per heavy atom. The molecular weight excluding hydrogens is 463 g/mol. The van der Waals surface area contributed by atoms with Gasteiger partial charge < -0.3 is 9.88 Å². The highest BCUT2D eigenvalue weighted by atomic mass is 35.5. The lowest BCUT2D eigenvalue weighted by Crippen LogP contribution is -2.35. The van der Waals surface area contributed by atoms with Crippen LogP contribution in [0.2, 0.25) is 5.02 Å². The van der Waals surface area contributed by atoms with Gasteiger partial charge >= 0.3 is 0 Å². The molecule has 3 aromatic carbocycles. The van der Waals surface area contributed by atoms with Gasteiger partial charge in [0.15, 0.2) is 9.84 Å². The number of hydrogen-bond acceptors (Lipinski definition) is 3. The zero-order valence-electron chi connectivity index (χ0n) is 17.5. The zero-order valence-corrected chi connectivity index (χ0v) is 19.0. The molecule has 1 saturated heterocycles. The molecule has 1 aliphatic rings. The molecule has 1 amide bonds. The minimum Gasteiger partial charge on any atom is -0.348 e. The van der Waals surface area contributed by atoms with Crippen molar-refractivity contribution in [1.29, 1.82) is 0 Å². The van der Waals surface area contributed by atoms with E-state index in [1.54, 1.807) is 30.3 Å². The third-order valence-electron chi connectivity index (χ3n) is 5.88. The average molecular weight is 483 g/mol. The number of nitrogens with zero attached hydrogens (tertiary/aromatic N) is 1. The lowest BCUT2D eigenvalue weighted by atomic mass is 10.0. The first-order valence-electron chi connectivity index (χ1n) is 10.5. The molecule has 1 fully saturated rings. The third kappa shape index (κ3) is 4.38. The van der Waals surface area contributed by atoms with Crippen molar-refractivity contribution < 1.29 is 17.6 Å². The van der Waals surface area contributed by atoms with Crippen molar-refractivity contribution in [3.05, 3.63) is 89.3 Å². The summed E-state index contributed by atoms with van der Waals surface area (Å²) in [7, 11) is -3.10. The molecule has 33 heavy (non-hydrogen) atoms. The van der Waals surface area contributed by atoms with E-state index in [-0.39, 0.29) is 29.3 Å². The van der Waals surface area contributed by atoms with E-state index in [2.05, 4.69) is 5.32 Å². The van der Waals surface area contributed by atoms with E-state index in [1.807, 2.05) is 35.0 Å². The minimum absolute atomic E-state index is 0.0359. The standard InChI is InChI=1S/C25H20ClFN2O3S/c26-18-3-1-2-16(12-18)23-14-29(21-7-5-19(27)6-8-21)24-13-17(4-9-22(23)24)25(30)28-20-10-11-33(31,32)15-20/h1-9,12-14,20H,10-11,15H2,(H,28,30). The molecule has 5 nitrogen and oxygen atoms in total. The molecule has 1 aromatic heterocycles. The van der Waals surface area contributed by atoms with Gasteiger partial charge in [0, 0.05) is 39.5 Å². The highest BCUT2D eigenvalue weighted by Gasteiger charge is 2.29. The zero-order chi connectivity index (χ0) is 23.2. The van der Waals surface area contributed by atoms with Crippen molar-refractivity contribution >= 4 is 38.2 Å². The molecule has 2 heterocycles. The number of nitrogens with one attached hydrogen (secondary N) is 1. The van der Waals surface area contributed by atoms with E-state index in [4.69, 9.17) is 11.6 Å². The summed E-state index contributed by atoms with van der Waals surface area (Å²) in [6.45, 7) is 0. The van der Waals surface area contributed by atoms with Crippen LogP contribution in [0.3, 0.4) is 0 Å². The highest BCUT2D eigenvalue weighted by molar-refractivity contribution is 7.91. The summed E-state index contributed by atoms with van der Waals surface area (Å²) in [4.78, 5) is 12.9. The summed E-state index contributed by atoms with van der Waals surface area (Å²) in [5.74, 6) is -0.605. The first kappa shape index (κ1) is 21.7. The Labute approximate surface area is 195 Å². The largest absolute Gasteiger partial charge is 0.348 e. The van der Waals surface area contributed by atoms with Crippen LogP contribution in [0, 0.1) is 5.82 Å². The molecule has 0 saturated carbocycles. The fourth-order valence-corrected chi connectivity index (χ4v) is 6.11. The number of halogens is 2. The molecule has 0 radical (unpaired) electrons. The maximum atomic E-state index is 13.5. The number of sulfone groups is 1. The molecule has 168 valence electrons. The number of benzene rings is 3. The van der Waals surface area contributed by atoms with Crippen LogP contribution in [-0.4, -0.2) is 36.4 Å². The van der Waals surface area contributed by atoms with Gasteiger partial charge in [-0.25, -0.2) is 12.8 Å². The summed E-state index contributed by atoms with van der Waals surface area (Å²) in [6.07, 6.45) is 2.36. The molecule has 0 aliphatic carbocycles. The van der Waals surface area contributed by atoms with Gasteiger partial charge in [0.2, 0.25) is 0 Å². The summed E-state index contributed by atoms with van der Waals surface area (Å²) >= 11 is 6.21. The maximum Gasteiger partial charge on any atom is 0.251 e. The van der Waals surface area contributed by atoms with Crippen molar-refractivity contribution in [1.82, 2.24) is 9.88 Å². The van der Waals surface area contributed by atoms with Gasteiger partial charge in [0.05, 0.1) is 17.0 Å². The number of amides is 1. The van der Waals surface area contributed by atoms with Gasteiger partial charge in [-0.1, -0.05) is 29.8 Å². The van der Waals surface area contributed by atoms with Crippen LogP contribution < -0.4 is 5.32 Å². The second kappa shape index (κ2) is 8.32. The lowest BCUT2D eigenvalue weighted by molar-refractivity contribution is 0.0941. The molecule has 0 bridgehead atoms. The predicted octanol–water partition coefficient (Wildman–Crippen LogP) is 5.01. The number of hydrogen-bond donors (Lipinski definition) is 1. The Morgan fingerprint density at radius 1 is 1.06 bits per heavy atom. The molecule has 1 aliphatic heterocycles. The van der Waals surface area contributed by atoms with E-state index in [0.29, 0.717) is 17.0 Å². The Bertz CT molecular complexity index is 1480. The van der Waals surface area contributed by atoms with E-state index >= 15 is 0 Å². The van der Waals surface area contributed by atoms with Gasteiger partial charge in [-0.3, -0.25) is 4.79 Å². The lowest BCUT2D eigenvalue weighted by Gasteiger charge is -2.12. The smallest absolute Gasteiger partial charge is 0.251 e. The second-order valence-corrected chi connectivity index (χ2v) is 10.9. The van der Waals surface area contributed by atoms with Crippen LogP contribution in [0.4, 0.5) is 4.39 Å². The fraction of sp³-hybridized carbons (Fsp3) is 0.160. The van der Waals surface area contributed by atoms with Gasteiger partial charge in [0.25, 0.3) is 5.91 Å². The van der Waals surface area contributed by atoms with Crippen LogP contribution in [0.25, 0.3) is 27.7 Å². The molecule has 4 aromatic rings. The Balaban J connectivity index is 1.59. The number of carbonyl (C=O) groups excluding carboxylic acids is 1. The third-order valence-corrected chi connectivity index (χ3v) is 7.88. The second-order valence-electron chi connectivity index (χ2n) is 8.20. The molecule has 5 rings (SSSR count). The normalized spacial score (nSPS) is 17.3. The molecule has 1 atom stereocenters. The van der Waals surface area contributed by atoms with Gasteiger partial charge in [-0.2, -0.15) is 0 Å². The summed E-state index contributed by atoms with van der Waals surface area (Å²) in [6, 6.07) is 18.6. The quantitative estimate of drug-likeness (QED) is 0.444. The summed E-state index contributed by atoms with van der Waals surface area (Å²) in [5, 5.41) is 4.35. The first-order valence-corrected chi connectivity index (χ1v) is 12.7. The van der Waals surface area contributed by atoms with Crippen LogP contribution in [0.5, 0.6) is 0 Å². The number of carbonyl (C=O) groups is 1. The Morgan fingerprint density at radius 3 is 2.55 bits per heavy atom. The summed E-state index contributed by atoms with van der Waals surface area (Å²) < 4.78 is 38.9. The molecule has 0 spiro atoms. The first-order chi connectivity index (χ1) is 15.8. The van der Waals surface area contributed by atoms with Gasteiger partial charge in [-0.05, 0) is 60.5 Å². The molecule has 1 N–H and O–H groups in total. The predicted molar refractivity (Wildman–Crippen MR) is 128 cm³/mol. The molecular formula is C25H20ClFN2O3S. The van der Waals surface area contributed by atoms with Gasteiger partial charge in [0.1, 0.15) is 5.82 Å². The van der Waals surface area contributed by atoms with Crippen molar-refractivity contribution in [2.75, 3.05) is 11.5 Å². The fourth-order valence-electron chi connectivity index (χ4n) is 4.25. The molecule has 1 unspecified atom stereocenters. The van der Waals surface area contributed by atoms with E-state index in [0.717, 1.165) is 27.7 Å². The van der Waals surface area contributed by atoms with Crippen molar-refractivity contribution in [2.45, 2.75) is 12.5 Å². The average Bonchev–Trinajstić information content (AvgIpc) is 3.33. The number of fused-ring (bicyclic) bond motifs is 1. The van der Waals surface area contributed by atoms with Crippen molar-refractivity contribution in [3.8, 4) is 16.8 Å². The van der Waals surface area contributed by atoms with E-state index in [9.17, 15) is 17.6 Å². The van der Waals surface area contributed by atoms with Crippen LogP contribution in [0.15, 0.2) is 72.9 Å². The van der Waals surface area contributed by atoms with Crippen molar-refractivity contribution in [2.24, 2.45) is 0 Å². The van der Waals surface area contributed by atoms with E-state index < -0.39 is 9.84 Å². The highest BCUT2D eigenvalue weighted by Crippen LogP contribution is 2.34. The van der Waals surface area contributed by atoms with Crippen LogP contribution in [0.1, 0.15) is 16.8 Å². The SMILES string of the molecule is O=C(NC1CCS(=O)(=O)C1)c1ccc2c(-c3cccc(Cl)c3)cn(-c3ccc(F)cc3)c2c1. The number of rotatable bonds is 4. The Kier molecular flexibility index (Phi) is 5.46. The molecule has 8 heteroatoms. The monoisotopic (exact) mass is 482 g/mol. The number of aromatic nitrogens is 1. The summed E-state index contributed by atoms with van der Waals surface area (Å²) in [5.41, 5.74) is 3.77.